The minimum Gasteiger partial charge on any atom is -0.462 e. The second-order valence-corrected chi connectivity index (χ2v) is 6.39. The highest BCUT2D eigenvalue weighted by Crippen LogP contribution is 2.31. The first-order valence-electron chi connectivity index (χ1n) is 8.04. The zero-order chi connectivity index (χ0) is 14.5. The zero-order valence-electron chi connectivity index (χ0n) is 12.8. The Hall–Kier alpha value is -0.900. The van der Waals surface area contributed by atoms with Gasteiger partial charge in [0.15, 0.2) is 0 Å². The zero-order valence-corrected chi connectivity index (χ0v) is 12.8. The summed E-state index contributed by atoms with van der Waals surface area (Å²) in [6.07, 6.45) is 7.18. The van der Waals surface area contributed by atoms with Gasteiger partial charge >= 0.3 is 5.97 Å². The molecule has 1 saturated heterocycles. The minimum absolute atomic E-state index is 0.0675. The number of rotatable bonds is 4. The Balaban J connectivity index is 1.97. The second kappa shape index (κ2) is 7.21. The summed E-state index contributed by atoms with van der Waals surface area (Å²) >= 11 is 0. The molecule has 1 heterocycles. The Morgan fingerprint density at radius 1 is 1.25 bits per heavy atom. The lowest BCUT2D eigenvalue weighted by Crippen LogP contribution is -2.49. The number of nitrogens with zero attached hydrogens (tertiary/aromatic N) is 1. The molecule has 2 aliphatic rings. The summed E-state index contributed by atoms with van der Waals surface area (Å²) in [6.45, 7) is 5.00. The Morgan fingerprint density at radius 2 is 2.00 bits per heavy atom. The van der Waals surface area contributed by atoms with Gasteiger partial charge in [-0.15, -0.1) is 0 Å². The predicted molar refractivity (Wildman–Crippen MR) is 77.4 cm³/mol. The van der Waals surface area contributed by atoms with E-state index in [9.17, 15) is 9.59 Å². The topological polar surface area (TPSA) is 46.6 Å². The average Bonchev–Trinajstić information content (AvgIpc) is 2.39. The predicted octanol–water partition coefficient (Wildman–Crippen LogP) is 2.55. The molecular formula is C16H27NO3. The van der Waals surface area contributed by atoms with Crippen LogP contribution in [0.25, 0.3) is 0 Å². The molecule has 1 aliphatic heterocycles. The molecule has 0 aromatic rings. The van der Waals surface area contributed by atoms with Gasteiger partial charge in [0.1, 0.15) is 5.78 Å². The number of carbonyl (C=O) groups excluding carboxylic acids is 2. The van der Waals surface area contributed by atoms with Crippen LogP contribution in [0.4, 0.5) is 0 Å². The number of piperidine rings is 1. The van der Waals surface area contributed by atoms with Gasteiger partial charge < -0.3 is 4.74 Å². The van der Waals surface area contributed by atoms with E-state index in [1.165, 1.54) is 6.42 Å². The van der Waals surface area contributed by atoms with E-state index < -0.39 is 0 Å². The highest BCUT2D eigenvalue weighted by Gasteiger charge is 2.36. The molecular weight excluding hydrogens is 254 g/mol. The van der Waals surface area contributed by atoms with Crippen molar-refractivity contribution in [1.29, 1.82) is 0 Å². The molecule has 0 aromatic carbocycles. The Kier molecular flexibility index (Phi) is 5.58. The summed E-state index contributed by atoms with van der Waals surface area (Å²) in [5.74, 6) is 0.399. The van der Waals surface area contributed by atoms with Crippen molar-refractivity contribution in [3.05, 3.63) is 0 Å². The van der Waals surface area contributed by atoms with Crippen LogP contribution in [0.2, 0.25) is 0 Å². The summed E-state index contributed by atoms with van der Waals surface area (Å²) in [5, 5.41) is 0. The monoisotopic (exact) mass is 281 g/mol. The van der Waals surface area contributed by atoms with E-state index in [0.717, 1.165) is 45.1 Å². The highest BCUT2D eigenvalue weighted by molar-refractivity contribution is 5.82. The van der Waals surface area contributed by atoms with Gasteiger partial charge in [-0.3, -0.25) is 14.5 Å². The first-order valence-corrected chi connectivity index (χ1v) is 8.04. The van der Waals surface area contributed by atoms with Crippen molar-refractivity contribution >= 4 is 11.8 Å². The normalized spacial score (nSPS) is 28.6. The molecule has 2 rings (SSSR count). The molecule has 0 bridgehead atoms. The van der Waals surface area contributed by atoms with Crippen molar-refractivity contribution in [2.75, 3.05) is 13.1 Å². The molecule has 2 unspecified atom stereocenters. The molecule has 20 heavy (non-hydrogen) atoms. The summed E-state index contributed by atoms with van der Waals surface area (Å²) in [7, 11) is 0. The van der Waals surface area contributed by atoms with Crippen LogP contribution in [-0.4, -0.2) is 41.9 Å². The quantitative estimate of drug-likeness (QED) is 0.743. The van der Waals surface area contributed by atoms with E-state index in [0.29, 0.717) is 12.3 Å². The lowest BCUT2D eigenvalue weighted by molar-refractivity contribution is -0.151. The minimum atomic E-state index is -0.157. The van der Waals surface area contributed by atoms with Crippen molar-refractivity contribution in [2.45, 2.75) is 70.9 Å². The van der Waals surface area contributed by atoms with Crippen molar-refractivity contribution in [3.8, 4) is 0 Å². The molecule has 0 radical (unpaired) electrons. The van der Waals surface area contributed by atoms with Gasteiger partial charge in [-0.1, -0.05) is 12.8 Å². The van der Waals surface area contributed by atoms with Gasteiger partial charge in [-0.25, -0.2) is 0 Å². The molecule has 2 atom stereocenters. The van der Waals surface area contributed by atoms with E-state index in [-0.39, 0.29) is 24.0 Å². The van der Waals surface area contributed by atoms with Crippen LogP contribution in [0.3, 0.4) is 0 Å². The van der Waals surface area contributed by atoms with Gasteiger partial charge in [0.2, 0.25) is 0 Å². The molecule has 4 heteroatoms. The van der Waals surface area contributed by atoms with Gasteiger partial charge in [0.25, 0.3) is 0 Å². The maximum absolute atomic E-state index is 12.2. The molecule has 0 N–H and O–H groups in total. The summed E-state index contributed by atoms with van der Waals surface area (Å²) < 4.78 is 5.25. The van der Waals surface area contributed by atoms with Crippen LogP contribution < -0.4 is 0 Å². The van der Waals surface area contributed by atoms with E-state index in [1.54, 1.807) is 0 Å². The van der Waals surface area contributed by atoms with Crippen LogP contribution >= 0.6 is 0 Å². The maximum atomic E-state index is 12.2. The lowest BCUT2D eigenvalue weighted by atomic mass is 9.79. The van der Waals surface area contributed by atoms with Crippen molar-refractivity contribution in [2.24, 2.45) is 5.92 Å². The van der Waals surface area contributed by atoms with E-state index >= 15 is 0 Å². The summed E-state index contributed by atoms with van der Waals surface area (Å²) in [5.41, 5.74) is 0. The summed E-state index contributed by atoms with van der Waals surface area (Å²) in [6, 6.07) is 0.260. The number of likely N-dealkylation sites (tertiary alicyclic amines) is 1. The fourth-order valence-electron chi connectivity index (χ4n) is 3.55. The number of hydrogen-bond acceptors (Lipinski definition) is 4. The van der Waals surface area contributed by atoms with Gasteiger partial charge in [0, 0.05) is 18.4 Å². The van der Waals surface area contributed by atoms with Crippen LogP contribution in [0.5, 0.6) is 0 Å². The van der Waals surface area contributed by atoms with Crippen LogP contribution in [0, 0.1) is 5.92 Å². The largest absolute Gasteiger partial charge is 0.462 e. The van der Waals surface area contributed by atoms with E-state index in [4.69, 9.17) is 4.74 Å². The molecule has 0 amide bonds. The molecule has 4 nitrogen and oxygen atoms in total. The fraction of sp³-hybridized carbons (Fsp3) is 0.875. The van der Waals surface area contributed by atoms with Gasteiger partial charge in [0.05, 0.1) is 12.6 Å². The first kappa shape index (κ1) is 15.5. The maximum Gasteiger partial charge on any atom is 0.320 e. The van der Waals surface area contributed by atoms with Crippen LogP contribution in [-0.2, 0) is 14.3 Å². The highest BCUT2D eigenvalue weighted by atomic mass is 16.5. The Labute approximate surface area is 121 Å². The number of hydrogen-bond donors (Lipinski definition) is 0. The molecule has 0 aromatic heterocycles. The summed E-state index contributed by atoms with van der Waals surface area (Å²) in [4.78, 5) is 26.2. The second-order valence-electron chi connectivity index (χ2n) is 6.39. The third kappa shape index (κ3) is 4.05. The number of esters is 1. The smallest absolute Gasteiger partial charge is 0.320 e. The van der Waals surface area contributed by atoms with Crippen LogP contribution in [0.1, 0.15) is 58.8 Å². The Morgan fingerprint density at radius 3 is 2.70 bits per heavy atom. The van der Waals surface area contributed by atoms with Gasteiger partial charge in [-0.05, 0) is 46.1 Å². The number of ketones is 1. The molecule has 114 valence electrons. The number of ether oxygens (including phenoxy) is 1. The van der Waals surface area contributed by atoms with Gasteiger partial charge in [-0.2, -0.15) is 0 Å². The molecule has 0 spiro atoms. The van der Waals surface area contributed by atoms with E-state index in [2.05, 4.69) is 4.90 Å². The third-order valence-electron chi connectivity index (χ3n) is 4.43. The first-order chi connectivity index (χ1) is 9.58. The molecule has 2 fully saturated rings. The number of carbonyl (C=O) groups is 2. The number of Topliss-reactive ketones (excluding diaryl/α,β-unsaturated/α-hetero) is 1. The Bertz CT molecular complexity index is 354. The van der Waals surface area contributed by atoms with E-state index in [1.807, 2.05) is 13.8 Å². The molecule has 1 aliphatic carbocycles. The average molecular weight is 281 g/mol. The standard InChI is InChI=1S/C16H27NO3/c1-12(2)20-16(19)11-17-10-6-5-8-14(17)13-7-3-4-9-15(13)18/h12-14H,3-11H2,1-2H3. The SMILES string of the molecule is CC(C)OC(=O)CN1CCCCC1C1CCCCC1=O. The lowest BCUT2D eigenvalue weighted by Gasteiger charge is -2.40. The van der Waals surface area contributed by atoms with Crippen molar-refractivity contribution in [1.82, 2.24) is 4.90 Å². The van der Waals surface area contributed by atoms with Crippen molar-refractivity contribution < 1.29 is 14.3 Å². The fourth-order valence-corrected chi connectivity index (χ4v) is 3.55. The van der Waals surface area contributed by atoms with Crippen molar-refractivity contribution in [3.63, 3.8) is 0 Å². The van der Waals surface area contributed by atoms with Crippen LogP contribution in [0.15, 0.2) is 0 Å². The molecule has 1 saturated carbocycles. The third-order valence-corrected chi connectivity index (χ3v) is 4.43.